The number of aliphatic hydroxyl groups is 8. The van der Waals surface area contributed by atoms with Gasteiger partial charge in [0.15, 0.2) is 12.6 Å². The molecule has 504 valence electrons. The highest BCUT2D eigenvalue weighted by atomic mass is 16.7. The molecule has 2 saturated heterocycles. The Morgan fingerprint density at radius 1 is 0.430 bits per heavy atom. The summed E-state index contributed by atoms with van der Waals surface area (Å²) in [7, 11) is 0. The molecule has 0 spiro atoms. The maximum absolute atomic E-state index is 13.3. The van der Waals surface area contributed by atoms with Crippen LogP contribution in [-0.4, -0.2) is 140 Å². The molecule has 12 unspecified atom stereocenters. The van der Waals surface area contributed by atoms with Gasteiger partial charge in [-0.05, 0) is 51.4 Å². The number of aliphatic hydroxyl groups excluding tert-OH is 8. The van der Waals surface area contributed by atoms with Gasteiger partial charge >= 0.3 is 0 Å². The third-order valence-electron chi connectivity index (χ3n) is 17.6. The third kappa shape index (κ3) is 40.6. The first-order valence-electron chi connectivity index (χ1n) is 35.9. The predicted octanol–water partition coefficient (Wildman–Crippen LogP) is 14.7. The summed E-state index contributed by atoms with van der Waals surface area (Å²) < 4.78 is 22.9. The van der Waals surface area contributed by atoms with Crippen LogP contribution in [0, 0.1) is 0 Å². The maximum atomic E-state index is 13.3. The van der Waals surface area contributed by atoms with E-state index in [2.05, 4.69) is 67.8 Å². The first-order chi connectivity index (χ1) is 42.1. The molecule has 2 heterocycles. The van der Waals surface area contributed by atoms with Crippen LogP contribution >= 0.6 is 0 Å². The van der Waals surface area contributed by atoms with Gasteiger partial charge in [0.1, 0.15) is 48.8 Å². The largest absolute Gasteiger partial charge is 0.394 e. The Balaban J connectivity index is 1.60. The summed E-state index contributed by atoms with van der Waals surface area (Å²) in [6.07, 6.45) is 57.1. The zero-order chi connectivity index (χ0) is 62.3. The van der Waals surface area contributed by atoms with Gasteiger partial charge in [-0.1, -0.05) is 300 Å². The average Bonchev–Trinajstić information content (AvgIpc) is 2.46. The molecule has 86 heavy (non-hydrogen) atoms. The van der Waals surface area contributed by atoms with Crippen molar-refractivity contribution in [3.63, 3.8) is 0 Å². The van der Waals surface area contributed by atoms with Gasteiger partial charge in [-0.2, -0.15) is 0 Å². The molecule has 0 bridgehead atoms. The summed E-state index contributed by atoms with van der Waals surface area (Å²) >= 11 is 0. The number of amides is 1. The van der Waals surface area contributed by atoms with Crippen molar-refractivity contribution in [2.45, 2.75) is 383 Å². The minimum atomic E-state index is -1.78. The molecule has 0 aromatic heterocycles. The van der Waals surface area contributed by atoms with E-state index in [9.17, 15) is 45.6 Å². The van der Waals surface area contributed by atoms with E-state index in [1.54, 1.807) is 0 Å². The van der Waals surface area contributed by atoms with Gasteiger partial charge in [-0.15, -0.1) is 0 Å². The lowest BCUT2D eigenvalue weighted by atomic mass is 9.97. The van der Waals surface area contributed by atoms with Crippen molar-refractivity contribution in [3.05, 3.63) is 48.6 Å². The minimum absolute atomic E-state index is 0.201. The van der Waals surface area contributed by atoms with Crippen molar-refractivity contribution in [3.8, 4) is 0 Å². The third-order valence-corrected chi connectivity index (χ3v) is 17.6. The van der Waals surface area contributed by atoms with E-state index < -0.39 is 86.8 Å². The van der Waals surface area contributed by atoms with Crippen LogP contribution in [0.3, 0.4) is 0 Å². The molecule has 14 nitrogen and oxygen atoms in total. The van der Waals surface area contributed by atoms with E-state index in [0.29, 0.717) is 12.8 Å². The molecule has 2 aliphatic rings. The molecule has 2 rings (SSSR count). The van der Waals surface area contributed by atoms with Crippen molar-refractivity contribution in [1.29, 1.82) is 0 Å². The number of carbonyl (C=O) groups excluding carboxylic acids is 1. The van der Waals surface area contributed by atoms with Crippen molar-refractivity contribution in [1.82, 2.24) is 5.32 Å². The summed E-state index contributed by atoms with van der Waals surface area (Å²) in [4.78, 5) is 13.3. The molecule has 0 aromatic rings. The zero-order valence-electron chi connectivity index (χ0n) is 54.8. The summed E-state index contributed by atoms with van der Waals surface area (Å²) in [6, 6.07) is -0.828. The van der Waals surface area contributed by atoms with Crippen molar-refractivity contribution >= 4 is 5.91 Å². The Labute approximate surface area is 524 Å². The lowest BCUT2D eigenvalue weighted by Crippen LogP contribution is -2.65. The number of hydrogen-bond acceptors (Lipinski definition) is 13. The van der Waals surface area contributed by atoms with Gasteiger partial charge < -0.3 is 65.1 Å². The van der Waals surface area contributed by atoms with E-state index in [1.165, 1.54) is 205 Å². The Kier molecular flexibility index (Phi) is 53.0. The van der Waals surface area contributed by atoms with Gasteiger partial charge in [-0.25, -0.2) is 0 Å². The fourth-order valence-corrected chi connectivity index (χ4v) is 11.9. The summed E-state index contributed by atoms with van der Waals surface area (Å²) in [5, 5.41) is 87.6. The second-order valence-corrected chi connectivity index (χ2v) is 25.3. The number of unbranched alkanes of at least 4 members (excludes halogenated alkanes) is 38. The van der Waals surface area contributed by atoms with E-state index in [0.717, 1.165) is 77.0 Å². The van der Waals surface area contributed by atoms with Crippen molar-refractivity contribution in [2.24, 2.45) is 0 Å². The highest BCUT2D eigenvalue weighted by Gasteiger charge is 2.51. The SMILES string of the molecule is CC/C=C\C/C=C\C/C=C\C/C=C\CCCCCCCCCCCCCCCCCCCCCCCCC(=O)NC(COC1OC(CO)C(OC2OC(CO)C(O)C(O)C2O)C(O)C1O)C(O)CCCCCCCCCCCCCCCCCCC. The molecule has 0 aliphatic carbocycles. The van der Waals surface area contributed by atoms with E-state index in [-0.39, 0.29) is 12.5 Å². The number of rotatable bonds is 59. The lowest BCUT2D eigenvalue weighted by Gasteiger charge is -2.46. The van der Waals surface area contributed by atoms with Crippen LogP contribution in [0.4, 0.5) is 0 Å². The van der Waals surface area contributed by atoms with Crippen LogP contribution in [0.25, 0.3) is 0 Å². The molecular weight excluding hydrogens is 1090 g/mol. The number of ether oxygens (including phenoxy) is 4. The normalized spacial score (nSPS) is 23.7. The van der Waals surface area contributed by atoms with Crippen LogP contribution < -0.4 is 5.32 Å². The minimum Gasteiger partial charge on any atom is -0.394 e. The zero-order valence-corrected chi connectivity index (χ0v) is 54.8. The molecule has 9 N–H and O–H groups in total. The Hall–Kier alpha value is -2.05. The van der Waals surface area contributed by atoms with Gasteiger partial charge in [0.05, 0.1) is 32.0 Å². The maximum Gasteiger partial charge on any atom is 0.220 e. The predicted molar refractivity (Wildman–Crippen MR) is 351 cm³/mol. The standard InChI is InChI=1S/C72H133NO13/c1-3-5-7-9-11-13-15-17-19-21-22-23-24-25-26-27-28-29-30-31-32-33-34-35-36-37-38-40-42-44-46-48-50-52-54-56-64(77)73-60(61(76)55-53-51-49-47-45-43-41-39-20-18-16-14-12-10-8-6-4-2)59-83-71-69(82)67(80)70(63(58-75)85-71)86-72-68(81)66(79)65(78)62(57-74)84-72/h5,7,11,13,17,19,22-23,60-63,65-72,74-76,78-82H,3-4,6,8-10,12,14-16,18,20-21,24-59H2,1-2H3,(H,73,77)/b7-5-,13-11-,19-17-,23-22-. The molecule has 0 aromatic carbocycles. The molecule has 2 aliphatic heterocycles. The highest BCUT2D eigenvalue weighted by Crippen LogP contribution is 2.30. The second-order valence-electron chi connectivity index (χ2n) is 25.3. The quantitative estimate of drug-likeness (QED) is 0.0204. The molecule has 2 fully saturated rings. The molecule has 14 heteroatoms. The molecule has 0 saturated carbocycles. The summed E-state index contributed by atoms with van der Waals surface area (Å²) in [5.74, 6) is -0.201. The van der Waals surface area contributed by atoms with Crippen LogP contribution in [-0.2, 0) is 23.7 Å². The molecular formula is C72H133NO13. The average molecular weight is 1220 g/mol. The second kappa shape index (κ2) is 56.9. The number of nitrogens with one attached hydrogen (secondary N) is 1. The monoisotopic (exact) mass is 1220 g/mol. The summed E-state index contributed by atoms with van der Waals surface area (Å²) in [5.41, 5.74) is 0. The first kappa shape index (κ1) is 80.0. The summed E-state index contributed by atoms with van der Waals surface area (Å²) in [6.45, 7) is 2.79. The van der Waals surface area contributed by atoms with Gasteiger partial charge in [0, 0.05) is 6.42 Å². The Bertz CT molecular complexity index is 1630. The Morgan fingerprint density at radius 3 is 1.23 bits per heavy atom. The smallest absolute Gasteiger partial charge is 0.220 e. The van der Waals surface area contributed by atoms with Crippen LogP contribution in [0.5, 0.6) is 0 Å². The molecule has 0 radical (unpaired) electrons. The van der Waals surface area contributed by atoms with Crippen LogP contribution in [0.2, 0.25) is 0 Å². The van der Waals surface area contributed by atoms with Crippen molar-refractivity contribution < 1.29 is 64.6 Å². The van der Waals surface area contributed by atoms with Gasteiger partial charge in [0.2, 0.25) is 5.91 Å². The fraction of sp³-hybridized carbons (Fsp3) is 0.875. The van der Waals surface area contributed by atoms with E-state index in [4.69, 9.17) is 18.9 Å². The molecule has 12 atom stereocenters. The topological polar surface area (TPSA) is 228 Å². The van der Waals surface area contributed by atoms with E-state index in [1.807, 2.05) is 0 Å². The number of carbonyl (C=O) groups is 1. The first-order valence-corrected chi connectivity index (χ1v) is 35.9. The highest BCUT2D eigenvalue weighted by molar-refractivity contribution is 5.76. The van der Waals surface area contributed by atoms with Gasteiger partial charge in [-0.3, -0.25) is 4.79 Å². The Morgan fingerprint density at radius 2 is 0.802 bits per heavy atom. The van der Waals surface area contributed by atoms with Crippen LogP contribution in [0.1, 0.15) is 309 Å². The number of hydrogen-bond donors (Lipinski definition) is 9. The molecule has 1 amide bonds. The fourth-order valence-electron chi connectivity index (χ4n) is 11.9. The lowest BCUT2D eigenvalue weighted by molar-refractivity contribution is -0.359. The number of allylic oxidation sites excluding steroid dienone is 8. The van der Waals surface area contributed by atoms with Gasteiger partial charge in [0.25, 0.3) is 0 Å². The van der Waals surface area contributed by atoms with Crippen LogP contribution in [0.15, 0.2) is 48.6 Å². The van der Waals surface area contributed by atoms with Crippen molar-refractivity contribution in [2.75, 3.05) is 19.8 Å². The van der Waals surface area contributed by atoms with E-state index >= 15 is 0 Å².